The first-order chi connectivity index (χ1) is 16.0. The van der Waals surface area contributed by atoms with Crippen LogP contribution in [-0.2, 0) is 25.7 Å². The molecule has 184 valence electrons. The Labute approximate surface area is 196 Å². The van der Waals surface area contributed by atoms with E-state index in [1.807, 2.05) is 0 Å². The molecule has 1 aliphatic rings. The number of aromatic hydroxyl groups is 1. The van der Waals surface area contributed by atoms with Crippen molar-refractivity contribution in [2.45, 2.75) is 56.6 Å². The lowest BCUT2D eigenvalue weighted by Gasteiger charge is -2.22. The summed E-state index contributed by atoms with van der Waals surface area (Å²) in [4.78, 5) is 33.5. The van der Waals surface area contributed by atoms with E-state index in [4.69, 9.17) is 9.79 Å². The highest BCUT2D eigenvalue weighted by Gasteiger charge is 2.23. The fourth-order valence-electron chi connectivity index (χ4n) is 3.54. The van der Waals surface area contributed by atoms with Crippen LogP contribution in [0.3, 0.4) is 0 Å². The predicted molar refractivity (Wildman–Crippen MR) is 121 cm³/mol. The molecule has 0 unspecified atom stereocenters. The van der Waals surface area contributed by atoms with Crippen molar-refractivity contribution in [3.8, 4) is 5.75 Å². The summed E-state index contributed by atoms with van der Waals surface area (Å²) in [6.45, 7) is 0.658. The van der Waals surface area contributed by atoms with Gasteiger partial charge in [0.1, 0.15) is 5.75 Å². The summed E-state index contributed by atoms with van der Waals surface area (Å²) in [5.74, 6) is -0.667. The van der Waals surface area contributed by atoms with Gasteiger partial charge in [0.25, 0.3) is 0 Å². The number of rotatable bonds is 9. The number of aldehydes is 1. The minimum absolute atomic E-state index is 0.0474. The standard InChI is InChI=1S/C20H25N4O8PS/c1-13-19(26)17(11-25)18(12-32-33(27,28)29)20(21-13)23-22-14-7-9-16(10-8-14)34(30,31)24-15-5-3-2-4-6-15/h7-11,15,24,26H,2-6,12H2,1H3,(H2,27,28,29). The van der Waals surface area contributed by atoms with Crippen molar-refractivity contribution in [3.05, 3.63) is 41.1 Å². The second kappa shape index (κ2) is 10.8. The molecule has 4 N–H and O–H groups in total. The van der Waals surface area contributed by atoms with Gasteiger partial charge in [0.05, 0.1) is 28.4 Å². The molecule has 34 heavy (non-hydrogen) atoms. The molecule has 0 bridgehead atoms. The lowest BCUT2D eigenvalue weighted by Crippen LogP contribution is -2.36. The van der Waals surface area contributed by atoms with Crippen molar-refractivity contribution in [1.82, 2.24) is 9.71 Å². The Hall–Kier alpha value is -2.54. The number of nitrogens with one attached hydrogen (secondary N) is 1. The summed E-state index contributed by atoms with van der Waals surface area (Å²) in [6.07, 6.45) is 4.99. The largest absolute Gasteiger partial charge is 0.505 e. The van der Waals surface area contributed by atoms with Crippen molar-refractivity contribution >= 4 is 35.6 Å². The van der Waals surface area contributed by atoms with Crippen LogP contribution in [0.5, 0.6) is 5.75 Å². The van der Waals surface area contributed by atoms with Gasteiger partial charge in [-0.3, -0.25) is 9.32 Å². The average molecular weight is 512 g/mol. The molecule has 0 spiro atoms. The quantitative estimate of drug-likeness (QED) is 0.221. The molecule has 1 fully saturated rings. The average Bonchev–Trinajstić information content (AvgIpc) is 2.78. The molecule has 0 atom stereocenters. The Morgan fingerprint density at radius 2 is 1.82 bits per heavy atom. The van der Waals surface area contributed by atoms with Gasteiger partial charge in [-0.15, -0.1) is 10.2 Å². The predicted octanol–water partition coefficient (Wildman–Crippen LogP) is 3.54. The number of hydrogen-bond donors (Lipinski definition) is 4. The monoisotopic (exact) mass is 512 g/mol. The van der Waals surface area contributed by atoms with Crippen LogP contribution in [0.25, 0.3) is 0 Å². The molecular formula is C20H25N4O8PS. The number of pyridine rings is 1. The minimum atomic E-state index is -4.88. The minimum Gasteiger partial charge on any atom is -0.505 e. The van der Waals surface area contributed by atoms with Crippen molar-refractivity contribution in [1.29, 1.82) is 0 Å². The van der Waals surface area contributed by atoms with Crippen LogP contribution in [0, 0.1) is 6.92 Å². The molecule has 1 saturated carbocycles. The number of benzene rings is 1. The van der Waals surface area contributed by atoms with Crippen LogP contribution in [0.1, 0.15) is 53.7 Å². The van der Waals surface area contributed by atoms with Gasteiger partial charge < -0.3 is 14.9 Å². The number of phosphoric ester groups is 1. The third kappa shape index (κ3) is 6.75. The number of carbonyl (C=O) groups is 1. The molecule has 2 aromatic rings. The Balaban J connectivity index is 1.84. The fraction of sp³-hybridized carbons (Fsp3) is 0.400. The Morgan fingerprint density at radius 1 is 1.18 bits per heavy atom. The van der Waals surface area contributed by atoms with E-state index in [0.717, 1.165) is 32.1 Å². The molecule has 14 heteroatoms. The zero-order chi connectivity index (χ0) is 24.9. The second-order valence-electron chi connectivity index (χ2n) is 7.79. The number of nitrogens with zero attached hydrogens (tertiary/aromatic N) is 3. The Kier molecular flexibility index (Phi) is 8.29. The summed E-state index contributed by atoms with van der Waals surface area (Å²) in [7, 11) is -8.56. The maximum Gasteiger partial charge on any atom is 0.469 e. The van der Waals surface area contributed by atoms with Crippen LogP contribution < -0.4 is 4.72 Å². The fourth-order valence-corrected chi connectivity index (χ4v) is 5.15. The van der Waals surface area contributed by atoms with Crippen molar-refractivity contribution in [3.63, 3.8) is 0 Å². The summed E-state index contributed by atoms with van der Waals surface area (Å²) in [5, 5.41) is 17.9. The van der Waals surface area contributed by atoms with E-state index < -0.39 is 30.2 Å². The van der Waals surface area contributed by atoms with E-state index >= 15 is 0 Å². The normalized spacial score (nSPS) is 15.6. The smallest absolute Gasteiger partial charge is 0.469 e. The number of azo groups is 1. The van der Waals surface area contributed by atoms with E-state index in [1.54, 1.807) is 0 Å². The molecule has 0 saturated heterocycles. The highest BCUT2D eigenvalue weighted by Crippen LogP contribution is 2.40. The third-order valence-corrected chi connectivity index (χ3v) is 7.30. The second-order valence-corrected chi connectivity index (χ2v) is 10.7. The maximum atomic E-state index is 12.6. The number of hydrogen-bond acceptors (Lipinski definition) is 9. The molecule has 0 amide bonds. The summed E-state index contributed by atoms with van der Waals surface area (Å²) in [5.41, 5.74) is -0.143. The summed E-state index contributed by atoms with van der Waals surface area (Å²) >= 11 is 0. The molecular weight excluding hydrogens is 487 g/mol. The van der Waals surface area contributed by atoms with Crippen LogP contribution in [0.2, 0.25) is 0 Å². The van der Waals surface area contributed by atoms with E-state index in [0.29, 0.717) is 6.29 Å². The first kappa shape index (κ1) is 26.1. The first-order valence-electron chi connectivity index (χ1n) is 10.4. The van der Waals surface area contributed by atoms with Gasteiger partial charge in [-0.25, -0.2) is 22.7 Å². The molecule has 0 radical (unpaired) electrons. The number of phosphoric acid groups is 1. The van der Waals surface area contributed by atoms with E-state index in [1.165, 1.54) is 31.2 Å². The SMILES string of the molecule is Cc1nc(N=Nc2ccc(S(=O)(=O)NC3CCCCC3)cc2)c(COP(=O)(O)O)c(C=O)c1O. The molecule has 1 aromatic heterocycles. The van der Waals surface area contributed by atoms with Crippen LogP contribution >= 0.6 is 7.82 Å². The van der Waals surface area contributed by atoms with E-state index in [9.17, 15) is 22.9 Å². The zero-order valence-corrected chi connectivity index (χ0v) is 20.0. The molecule has 12 nitrogen and oxygen atoms in total. The van der Waals surface area contributed by atoms with Crippen molar-refractivity contribution in [2.75, 3.05) is 0 Å². The molecule has 0 aliphatic heterocycles. The lowest BCUT2D eigenvalue weighted by molar-refractivity contribution is 0.111. The lowest BCUT2D eigenvalue weighted by atomic mass is 9.96. The Bertz CT molecular complexity index is 1220. The van der Waals surface area contributed by atoms with Gasteiger partial charge in [0, 0.05) is 11.6 Å². The van der Waals surface area contributed by atoms with Gasteiger partial charge in [-0.1, -0.05) is 19.3 Å². The molecule has 3 rings (SSSR count). The van der Waals surface area contributed by atoms with E-state index in [2.05, 4.69) is 24.5 Å². The molecule has 1 aromatic carbocycles. The topological polar surface area (TPSA) is 188 Å². The highest BCUT2D eigenvalue weighted by molar-refractivity contribution is 7.89. The van der Waals surface area contributed by atoms with Gasteiger partial charge in [-0.05, 0) is 44.0 Å². The summed E-state index contributed by atoms with van der Waals surface area (Å²) < 4.78 is 43.5. The molecule has 1 heterocycles. The van der Waals surface area contributed by atoms with Crippen LogP contribution in [0.4, 0.5) is 11.5 Å². The van der Waals surface area contributed by atoms with Crippen LogP contribution in [0.15, 0.2) is 39.4 Å². The Morgan fingerprint density at radius 3 is 2.41 bits per heavy atom. The number of sulfonamides is 1. The van der Waals surface area contributed by atoms with Crippen LogP contribution in [-0.4, -0.2) is 40.6 Å². The number of aromatic nitrogens is 1. The maximum absolute atomic E-state index is 12.6. The zero-order valence-electron chi connectivity index (χ0n) is 18.3. The van der Waals surface area contributed by atoms with E-state index in [-0.39, 0.29) is 39.3 Å². The van der Waals surface area contributed by atoms with Crippen molar-refractivity contribution < 1.29 is 37.2 Å². The first-order valence-corrected chi connectivity index (χ1v) is 13.4. The van der Waals surface area contributed by atoms with Gasteiger partial charge in [0.2, 0.25) is 10.0 Å². The van der Waals surface area contributed by atoms with Crippen molar-refractivity contribution in [2.24, 2.45) is 10.2 Å². The third-order valence-electron chi connectivity index (χ3n) is 5.30. The van der Waals surface area contributed by atoms with Gasteiger partial charge >= 0.3 is 7.82 Å². The molecule has 1 aliphatic carbocycles. The van der Waals surface area contributed by atoms with Gasteiger partial charge in [0.15, 0.2) is 12.1 Å². The van der Waals surface area contributed by atoms with Gasteiger partial charge in [-0.2, -0.15) is 0 Å². The number of carbonyl (C=O) groups excluding carboxylic acids is 1. The number of aryl methyl sites for hydroxylation is 1. The highest BCUT2D eigenvalue weighted by atomic mass is 32.2. The summed E-state index contributed by atoms with van der Waals surface area (Å²) in [6, 6.07) is 5.53.